The van der Waals surface area contributed by atoms with E-state index < -0.39 is 0 Å². The van der Waals surface area contributed by atoms with Crippen LogP contribution in [0, 0.1) is 0 Å². The maximum absolute atomic E-state index is 11.9. The van der Waals surface area contributed by atoms with Crippen molar-refractivity contribution >= 4 is 33.4 Å². The van der Waals surface area contributed by atoms with E-state index in [9.17, 15) is 4.79 Å². The molecule has 3 nitrogen and oxygen atoms in total. The van der Waals surface area contributed by atoms with E-state index in [1.54, 1.807) is 12.1 Å². The van der Waals surface area contributed by atoms with Crippen LogP contribution in [0.5, 0.6) is 0 Å². The van der Waals surface area contributed by atoms with Crippen LogP contribution < -0.4 is 5.32 Å². The second kappa shape index (κ2) is 6.97. The van der Waals surface area contributed by atoms with Crippen molar-refractivity contribution in [2.45, 2.75) is 39.2 Å². The Balaban J connectivity index is 2.75. The highest BCUT2D eigenvalue weighted by Gasteiger charge is 2.13. The van der Waals surface area contributed by atoms with Crippen LogP contribution in [0.25, 0.3) is 0 Å². The summed E-state index contributed by atoms with van der Waals surface area (Å²) in [4.78, 5) is 16.0. The summed E-state index contributed by atoms with van der Waals surface area (Å²) in [5, 5.41) is 3.46. The Morgan fingerprint density at radius 3 is 2.76 bits per heavy atom. The van der Waals surface area contributed by atoms with Crippen LogP contribution in [-0.2, 0) is 0 Å². The number of pyridine rings is 1. The molecule has 0 radical (unpaired) electrons. The van der Waals surface area contributed by atoms with Crippen molar-refractivity contribution in [3.8, 4) is 0 Å². The molecule has 1 rings (SSSR count). The maximum atomic E-state index is 11.9. The van der Waals surface area contributed by atoms with Gasteiger partial charge in [0.05, 0.1) is 0 Å². The van der Waals surface area contributed by atoms with Gasteiger partial charge in [0.2, 0.25) is 0 Å². The predicted octanol–water partition coefficient (Wildman–Crippen LogP) is 3.81. The zero-order chi connectivity index (χ0) is 12.8. The van der Waals surface area contributed by atoms with Gasteiger partial charge in [-0.25, -0.2) is 4.98 Å². The molecule has 1 aromatic rings. The molecule has 0 aromatic carbocycles. The van der Waals surface area contributed by atoms with Gasteiger partial charge in [0.25, 0.3) is 5.91 Å². The molecule has 1 N–H and O–H groups in total. The molecule has 5 heteroatoms. The molecule has 1 atom stereocenters. The van der Waals surface area contributed by atoms with E-state index in [4.69, 9.17) is 11.6 Å². The van der Waals surface area contributed by atoms with E-state index in [0.29, 0.717) is 15.3 Å². The number of rotatable bonds is 5. The third-order valence-electron chi connectivity index (χ3n) is 2.46. The van der Waals surface area contributed by atoms with Crippen LogP contribution in [0.2, 0.25) is 5.02 Å². The highest BCUT2D eigenvalue weighted by atomic mass is 79.9. The quantitative estimate of drug-likeness (QED) is 0.839. The van der Waals surface area contributed by atoms with Crippen molar-refractivity contribution in [3.05, 3.63) is 27.5 Å². The number of hydrogen-bond acceptors (Lipinski definition) is 2. The SMILES string of the molecule is CCCC(CC)NC(=O)c1cc(Cl)cc(Br)n1. The summed E-state index contributed by atoms with van der Waals surface area (Å²) in [5.41, 5.74) is 0.346. The molecule has 1 aromatic heterocycles. The standard InChI is InChI=1S/C12H16BrClN2O/c1-3-5-9(4-2)15-12(17)10-6-8(14)7-11(13)16-10/h6-7,9H,3-5H2,1-2H3,(H,15,17). The maximum Gasteiger partial charge on any atom is 0.270 e. The zero-order valence-corrected chi connectivity index (χ0v) is 12.3. The number of nitrogens with one attached hydrogen (secondary N) is 1. The summed E-state index contributed by atoms with van der Waals surface area (Å²) in [7, 11) is 0. The topological polar surface area (TPSA) is 42.0 Å². The van der Waals surface area contributed by atoms with Crippen molar-refractivity contribution in [2.75, 3.05) is 0 Å². The first kappa shape index (κ1) is 14.5. The van der Waals surface area contributed by atoms with Crippen LogP contribution in [0.15, 0.2) is 16.7 Å². The molecule has 17 heavy (non-hydrogen) atoms. The Morgan fingerprint density at radius 1 is 1.53 bits per heavy atom. The summed E-state index contributed by atoms with van der Waals surface area (Å²) < 4.78 is 0.568. The van der Waals surface area contributed by atoms with Crippen molar-refractivity contribution in [2.24, 2.45) is 0 Å². The first-order valence-electron chi connectivity index (χ1n) is 5.70. The van der Waals surface area contributed by atoms with Crippen molar-refractivity contribution in [1.29, 1.82) is 0 Å². The number of aromatic nitrogens is 1. The predicted molar refractivity (Wildman–Crippen MR) is 73.4 cm³/mol. The van der Waals surface area contributed by atoms with Gasteiger partial charge in [0.1, 0.15) is 10.3 Å². The van der Waals surface area contributed by atoms with E-state index >= 15 is 0 Å². The lowest BCUT2D eigenvalue weighted by Crippen LogP contribution is -2.34. The van der Waals surface area contributed by atoms with E-state index in [1.165, 1.54) is 0 Å². The highest BCUT2D eigenvalue weighted by Crippen LogP contribution is 2.16. The molecule has 0 aliphatic carbocycles. The van der Waals surface area contributed by atoms with Crippen LogP contribution in [0.4, 0.5) is 0 Å². The fourth-order valence-corrected chi connectivity index (χ4v) is 2.34. The fourth-order valence-electron chi connectivity index (χ4n) is 1.57. The van der Waals surface area contributed by atoms with Gasteiger partial charge in [-0.3, -0.25) is 4.79 Å². The minimum Gasteiger partial charge on any atom is -0.348 e. The van der Waals surface area contributed by atoms with Gasteiger partial charge in [-0.15, -0.1) is 0 Å². The molecule has 0 fully saturated rings. The van der Waals surface area contributed by atoms with E-state index in [-0.39, 0.29) is 11.9 Å². The van der Waals surface area contributed by atoms with Crippen molar-refractivity contribution < 1.29 is 4.79 Å². The average Bonchev–Trinajstić information content (AvgIpc) is 2.27. The summed E-state index contributed by atoms with van der Waals surface area (Å²) in [6.07, 6.45) is 2.94. The van der Waals surface area contributed by atoms with Crippen LogP contribution in [0.1, 0.15) is 43.6 Å². The molecule has 0 aliphatic rings. The average molecular weight is 320 g/mol. The molecular weight excluding hydrogens is 304 g/mol. The third-order valence-corrected chi connectivity index (χ3v) is 3.08. The molecule has 1 heterocycles. The second-order valence-corrected chi connectivity index (χ2v) is 5.11. The van der Waals surface area contributed by atoms with E-state index in [1.807, 2.05) is 0 Å². The van der Waals surface area contributed by atoms with Crippen molar-refractivity contribution in [3.63, 3.8) is 0 Å². The van der Waals surface area contributed by atoms with Gasteiger partial charge in [-0.2, -0.15) is 0 Å². The molecule has 1 amide bonds. The summed E-state index contributed by atoms with van der Waals surface area (Å²) in [5.74, 6) is -0.173. The lowest BCUT2D eigenvalue weighted by Gasteiger charge is -2.15. The summed E-state index contributed by atoms with van der Waals surface area (Å²) >= 11 is 9.10. The summed E-state index contributed by atoms with van der Waals surface area (Å²) in [6, 6.07) is 3.43. The number of halogens is 2. The zero-order valence-electron chi connectivity index (χ0n) is 9.96. The number of amides is 1. The third kappa shape index (κ3) is 4.64. The molecule has 94 valence electrons. The van der Waals surface area contributed by atoms with Gasteiger partial charge in [-0.05, 0) is 40.9 Å². The van der Waals surface area contributed by atoms with Crippen LogP contribution in [0.3, 0.4) is 0 Å². The molecule has 0 saturated heterocycles. The largest absolute Gasteiger partial charge is 0.348 e. The minimum absolute atomic E-state index is 0.173. The van der Waals surface area contributed by atoms with Crippen LogP contribution in [-0.4, -0.2) is 16.9 Å². The van der Waals surface area contributed by atoms with Gasteiger partial charge < -0.3 is 5.32 Å². The number of hydrogen-bond donors (Lipinski definition) is 1. The Hall–Kier alpha value is -0.610. The van der Waals surface area contributed by atoms with Gasteiger partial charge in [0, 0.05) is 11.1 Å². The normalized spacial score (nSPS) is 12.2. The number of carbonyl (C=O) groups excluding carboxylic acids is 1. The molecule has 0 aliphatic heterocycles. The molecule has 1 unspecified atom stereocenters. The van der Waals surface area contributed by atoms with E-state index in [2.05, 4.69) is 40.1 Å². The fraction of sp³-hybridized carbons (Fsp3) is 0.500. The smallest absolute Gasteiger partial charge is 0.270 e. The summed E-state index contributed by atoms with van der Waals surface area (Å²) in [6.45, 7) is 4.16. The minimum atomic E-state index is -0.173. The lowest BCUT2D eigenvalue weighted by atomic mass is 10.1. The first-order chi connectivity index (χ1) is 8.06. The second-order valence-electron chi connectivity index (χ2n) is 3.86. The lowest BCUT2D eigenvalue weighted by molar-refractivity contribution is 0.0928. The van der Waals surface area contributed by atoms with Gasteiger partial charge >= 0.3 is 0 Å². The van der Waals surface area contributed by atoms with E-state index in [0.717, 1.165) is 19.3 Å². The highest BCUT2D eigenvalue weighted by molar-refractivity contribution is 9.10. The first-order valence-corrected chi connectivity index (χ1v) is 6.87. The van der Waals surface area contributed by atoms with Gasteiger partial charge in [0.15, 0.2) is 0 Å². The van der Waals surface area contributed by atoms with Crippen LogP contribution >= 0.6 is 27.5 Å². The van der Waals surface area contributed by atoms with Gasteiger partial charge in [-0.1, -0.05) is 31.9 Å². The molecule has 0 spiro atoms. The molecular formula is C12H16BrClN2O. The Kier molecular flexibility index (Phi) is 5.92. The molecule has 0 bridgehead atoms. The molecule has 0 saturated carbocycles. The number of nitrogens with zero attached hydrogens (tertiary/aromatic N) is 1. The Labute approximate surface area is 115 Å². The number of carbonyl (C=O) groups is 1. The van der Waals surface area contributed by atoms with Crippen molar-refractivity contribution in [1.82, 2.24) is 10.3 Å². The monoisotopic (exact) mass is 318 g/mol. The Bertz CT molecular complexity index is 378. The Morgan fingerprint density at radius 2 is 2.24 bits per heavy atom.